The maximum atomic E-state index is 10.5. The summed E-state index contributed by atoms with van der Waals surface area (Å²) in [5, 5.41) is 18.2. The van der Waals surface area contributed by atoms with E-state index in [4.69, 9.17) is 22.6 Å². The molecule has 1 unspecified atom stereocenters. The lowest BCUT2D eigenvalue weighted by Crippen LogP contribution is -2.16. The van der Waals surface area contributed by atoms with Crippen molar-refractivity contribution in [2.45, 2.75) is 6.10 Å². The molecule has 1 rings (SSSR count). The fourth-order valence-electron chi connectivity index (χ4n) is 1.02. The van der Waals surface area contributed by atoms with Crippen molar-refractivity contribution in [3.05, 3.63) is 28.8 Å². The summed E-state index contributed by atoms with van der Waals surface area (Å²) in [7, 11) is 0. The van der Waals surface area contributed by atoms with Crippen LogP contribution in [0.1, 0.15) is 11.7 Å². The molecule has 1 aromatic rings. The van der Waals surface area contributed by atoms with Gasteiger partial charge in [-0.3, -0.25) is 5.84 Å². The fraction of sp³-hybridized carbons (Fsp3) is 0.125. The van der Waals surface area contributed by atoms with Crippen molar-refractivity contribution in [2.75, 3.05) is 5.43 Å². The van der Waals surface area contributed by atoms with Gasteiger partial charge >= 0.3 is 5.97 Å². The number of hydrazine groups is 1. The molecule has 6 heteroatoms. The summed E-state index contributed by atoms with van der Waals surface area (Å²) in [6.07, 6.45) is -1.64. The van der Waals surface area contributed by atoms with Crippen LogP contribution in [0.15, 0.2) is 18.2 Å². The van der Waals surface area contributed by atoms with E-state index in [9.17, 15) is 9.90 Å². The van der Waals surface area contributed by atoms with Crippen molar-refractivity contribution in [1.29, 1.82) is 0 Å². The van der Waals surface area contributed by atoms with Crippen LogP contribution in [0, 0.1) is 0 Å². The smallest absolute Gasteiger partial charge is 0.337 e. The standard InChI is InChI=1S/C8H9ClN2O3/c9-4-1-2-6(11-10)5(3-4)7(12)8(13)14/h1-3,7,11-12H,10H2,(H,13,14). The highest BCUT2D eigenvalue weighted by molar-refractivity contribution is 6.30. The minimum absolute atomic E-state index is 0.132. The molecule has 0 saturated carbocycles. The number of nitrogen functional groups attached to an aromatic ring is 1. The van der Waals surface area contributed by atoms with Crippen molar-refractivity contribution < 1.29 is 15.0 Å². The zero-order chi connectivity index (χ0) is 10.7. The molecule has 0 radical (unpaired) electrons. The lowest BCUT2D eigenvalue weighted by Gasteiger charge is -2.11. The van der Waals surface area contributed by atoms with Crippen LogP contribution in [0.2, 0.25) is 5.02 Å². The van der Waals surface area contributed by atoms with E-state index in [0.29, 0.717) is 10.7 Å². The average Bonchev–Trinajstić information content (AvgIpc) is 2.16. The molecule has 0 aliphatic carbocycles. The summed E-state index contributed by atoms with van der Waals surface area (Å²) < 4.78 is 0. The first kappa shape index (κ1) is 10.8. The van der Waals surface area contributed by atoms with Crippen LogP contribution in [0.4, 0.5) is 5.69 Å². The molecule has 0 fully saturated rings. The second-order valence-corrected chi connectivity index (χ2v) is 3.05. The normalized spacial score (nSPS) is 12.2. The Morgan fingerprint density at radius 2 is 2.21 bits per heavy atom. The van der Waals surface area contributed by atoms with Gasteiger partial charge in [0.1, 0.15) is 0 Å². The molecule has 0 aliphatic heterocycles. The first-order valence-corrected chi connectivity index (χ1v) is 4.11. The van der Waals surface area contributed by atoms with Gasteiger partial charge in [0.25, 0.3) is 0 Å². The predicted molar refractivity (Wildman–Crippen MR) is 51.9 cm³/mol. The second-order valence-electron chi connectivity index (χ2n) is 2.62. The number of rotatable bonds is 3. The van der Waals surface area contributed by atoms with Crippen molar-refractivity contribution in [3.63, 3.8) is 0 Å². The van der Waals surface area contributed by atoms with E-state index in [1.165, 1.54) is 18.2 Å². The van der Waals surface area contributed by atoms with Crippen LogP contribution in [-0.2, 0) is 4.79 Å². The summed E-state index contributed by atoms with van der Waals surface area (Å²) in [5.41, 5.74) is 2.73. The van der Waals surface area contributed by atoms with Crippen LogP contribution in [0.25, 0.3) is 0 Å². The van der Waals surface area contributed by atoms with Gasteiger partial charge in [0.15, 0.2) is 6.10 Å². The molecule has 5 nitrogen and oxygen atoms in total. The lowest BCUT2D eigenvalue weighted by atomic mass is 10.1. The molecule has 76 valence electrons. The first-order chi connectivity index (χ1) is 6.56. The number of hydrogen-bond acceptors (Lipinski definition) is 4. The molecule has 0 heterocycles. The van der Waals surface area contributed by atoms with Crippen molar-refractivity contribution in [3.8, 4) is 0 Å². The molecule has 1 atom stereocenters. The number of hydrogen-bond donors (Lipinski definition) is 4. The third-order valence-electron chi connectivity index (χ3n) is 1.70. The van der Waals surface area contributed by atoms with E-state index in [1.54, 1.807) is 0 Å². The molecule has 14 heavy (non-hydrogen) atoms. The minimum Gasteiger partial charge on any atom is -0.479 e. The summed E-state index contributed by atoms with van der Waals surface area (Å²) in [4.78, 5) is 10.5. The highest BCUT2D eigenvalue weighted by Gasteiger charge is 2.19. The number of halogens is 1. The zero-order valence-electron chi connectivity index (χ0n) is 7.07. The number of aliphatic hydroxyl groups excluding tert-OH is 1. The fourth-order valence-corrected chi connectivity index (χ4v) is 1.20. The summed E-state index contributed by atoms with van der Waals surface area (Å²) in [6.45, 7) is 0. The Bertz CT molecular complexity index is 356. The van der Waals surface area contributed by atoms with Gasteiger partial charge in [0.2, 0.25) is 0 Å². The van der Waals surface area contributed by atoms with Crippen LogP contribution in [0.5, 0.6) is 0 Å². The van der Waals surface area contributed by atoms with Gasteiger partial charge in [-0.2, -0.15) is 0 Å². The van der Waals surface area contributed by atoms with E-state index in [-0.39, 0.29) is 5.56 Å². The number of aliphatic carboxylic acids is 1. The predicted octanol–water partition coefficient (Wildman–Crippen LogP) is 0.744. The van der Waals surface area contributed by atoms with Gasteiger partial charge in [-0.25, -0.2) is 4.79 Å². The zero-order valence-corrected chi connectivity index (χ0v) is 7.82. The van der Waals surface area contributed by atoms with Gasteiger partial charge in [-0.05, 0) is 18.2 Å². The van der Waals surface area contributed by atoms with Gasteiger partial charge in [-0.15, -0.1) is 0 Å². The molecular formula is C8H9ClN2O3. The number of nitrogens with one attached hydrogen (secondary N) is 1. The second kappa shape index (κ2) is 4.28. The Morgan fingerprint density at radius 1 is 1.57 bits per heavy atom. The molecular weight excluding hydrogens is 208 g/mol. The molecule has 0 aromatic heterocycles. The van der Waals surface area contributed by atoms with E-state index in [2.05, 4.69) is 5.43 Å². The number of aliphatic hydroxyl groups is 1. The van der Waals surface area contributed by atoms with Crippen LogP contribution >= 0.6 is 11.6 Å². The molecule has 0 spiro atoms. The number of carboxylic acids is 1. The number of nitrogens with two attached hydrogens (primary N) is 1. The quantitative estimate of drug-likeness (QED) is 0.442. The summed E-state index contributed by atoms with van der Waals surface area (Å²) in [6, 6.07) is 4.37. The van der Waals surface area contributed by atoms with E-state index in [1.807, 2.05) is 0 Å². The van der Waals surface area contributed by atoms with E-state index in [0.717, 1.165) is 0 Å². The number of anilines is 1. The molecule has 5 N–H and O–H groups in total. The number of benzene rings is 1. The maximum absolute atomic E-state index is 10.5. The summed E-state index contributed by atoms with van der Waals surface area (Å²) >= 11 is 5.65. The summed E-state index contributed by atoms with van der Waals surface area (Å²) in [5.74, 6) is 3.78. The van der Waals surface area contributed by atoms with Gasteiger partial charge in [0, 0.05) is 10.6 Å². The minimum atomic E-state index is -1.64. The molecule has 1 aromatic carbocycles. The Hall–Kier alpha value is -1.30. The number of carbonyl (C=O) groups is 1. The van der Waals surface area contributed by atoms with Crippen molar-refractivity contribution in [1.82, 2.24) is 0 Å². The number of carboxylic acid groups (broad SMARTS) is 1. The Kier molecular flexibility index (Phi) is 3.29. The Morgan fingerprint density at radius 3 is 2.71 bits per heavy atom. The average molecular weight is 217 g/mol. The van der Waals surface area contributed by atoms with Gasteiger partial charge in [0.05, 0.1) is 5.69 Å². The highest BCUT2D eigenvalue weighted by Crippen LogP contribution is 2.25. The SMILES string of the molecule is NNc1ccc(Cl)cc1C(O)C(=O)O. The van der Waals surface area contributed by atoms with Crippen molar-refractivity contribution >= 4 is 23.3 Å². The third kappa shape index (κ3) is 2.14. The largest absolute Gasteiger partial charge is 0.479 e. The topological polar surface area (TPSA) is 95.6 Å². The Balaban J connectivity index is 3.16. The van der Waals surface area contributed by atoms with E-state index >= 15 is 0 Å². The Labute approximate surface area is 85.1 Å². The van der Waals surface area contributed by atoms with Crippen molar-refractivity contribution in [2.24, 2.45) is 5.84 Å². The molecule has 0 aliphatic rings. The third-order valence-corrected chi connectivity index (χ3v) is 1.93. The monoisotopic (exact) mass is 216 g/mol. The molecule has 0 amide bonds. The van der Waals surface area contributed by atoms with Crippen LogP contribution < -0.4 is 11.3 Å². The molecule has 0 saturated heterocycles. The first-order valence-electron chi connectivity index (χ1n) is 3.73. The molecule has 0 bridgehead atoms. The highest BCUT2D eigenvalue weighted by atomic mass is 35.5. The van der Waals surface area contributed by atoms with Crippen LogP contribution in [0.3, 0.4) is 0 Å². The lowest BCUT2D eigenvalue weighted by molar-refractivity contribution is -0.146. The maximum Gasteiger partial charge on any atom is 0.337 e. The van der Waals surface area contributed by atoms with Gasteiger partial charge < -0.3 is 15.6 Å². The van der Waals surface area contributed by atoms with E-state index < -0.39 is 12.1 Å². The van der Waals surface area contributed by atoms with Gasteiger partial charge in [-0.1, -0.05) is 11.6 Å². The van der Waals surface area contributed by atoms with Crippen LogP contribution in [-0.4, -0.2) is 16.2 Å².